The van der Waals surface area contributed by atoms with Crippen LogP contribution in [0.3, 0.4) is 0 Å². The molecule has 0 aliphatic carbocycles. The molecule has 0 amide bonds. The first-order chi connectivity index (χ1) is 14.3. The summed E-state index contributed by atoms with van der Waals surface area (Å²) in [6.07, 6.45) is 18.6. The van der Waals surface area contributed by atoms with Gasteiger partial charge in [0.15, 0.2) is 0 Å². The smallest absolute Gasteiger partial charge is 0.119 e. The number of nitrogens with zero attached hydrogens (tertiary/aromatic N) is 1. The van der Waals surface area contributed by atoms with Crippen molar-refractivity contribution in [1.29, 1.82) is 0 Å². The van der Waals surface area contributed by atoms with Gasteiger partial charge >= 0.3 is 0 Å². The molecule has 0 atom stereocenters. The Kier molecular flexibility index (Phi) is 12.2. The highest BCUT2D eigenvalue weighted by Crippen LogP contribution is 2.15. The fraction of sp³-hybridized carbons (Fsp3) is 0.593. The van der Waals surface area contributed by atoms with Crippen LogP contribution in [0.15, 0.2) is 42.6 Å². The molecule has 1 aromatic heterocycles. The molecule has 0 fully saturated rings. The SMILES string of the molecule is CCCCCCCCCCc1ccc(CCc2ccc(OCCCC)cc2)nc1. The number of pyridine rings is 1. The van der Waals surface area contributed by atoms with Gasteiger partial charge in [-0.25, -0.2) is 0 Å². The van der Waals surface area contributed by atoms with Crippen LogP contribution in [0.4, 0.5) is 0 Å². The Morgan fingerprint density at radius 1 is 0.621 bits per heavy atom. The predicted octanol–water partition coefficient (Wildman–Crippen LogP) is 7.73. The van der Waals surface area contributed by atoms with Gasteiger partial charge in [-0.15, -0.1) is 0 Å². The first-order valence-corrected chi connectivity index (χ1v) is 12.0. The largest absolute Gasteiger partial charge is 0.494 e. The number of aryl methyl sites for hydroxylation is 3. The summed E-state index contributed by atoms with van der Waals surface area (Å²) in [7, 11) is 0. The Morgan fingerprint density at radius 3 is 1.93 bits per heavy atom. The molecule has 0 unspecified atom stereocenters. The van der Waals surface area contributed by atoms with E-state index in [2.05, 4.69) is 61.4 Å². The summed E-state index contributed by atoms with van der Waals surface area (Å²) in [6.45, 7) is 5.27. The molecule has 0 saturated carbocycles. The maximum absolute atomic E-state index is 5.73. The van der Waals surface area contributed by atoms with Crippen molar-refractivity contribution in [1.82, 2.24) is 4.98 Å². The molecule has 0 spiro atoms. The summed E-state index contributed by atoms with van der Waals surface area (Å²) in [4.78, 5) is 4.69. The summed E-state index contributed by atoms with van der Waals surface area (Å²) in [6, 6.07) is 13.0. The third kappa shape index (κ3) is 10.5. The highest BCUT2D eigenvalue weighted by molar-refractivity contribution is 5.28. The standard InChI is InChI=1S/C27H41NO/c1-3-5-7-8-9-10-11-12-13-25-15-19-26(28-23-25)18-14-24-16-20-27(21-17-24)29-22-6-4-2/h15-17,19-21,23H,3-14,18,22H2,1-2H3. The van der Waals surface area contributed by atoms with E-state index in [4.69, 9.17) is 4.74 Å². The second kappa shape index (κ2) is 15.1. The van der Waals surface area contributed by atoms with E-state index >= 15 is 0 Å². The number of hydrogen-bond donors (Lipinski definition) is 0. The van der Waals surface area contributed by atoms with Crippen LogP contribution in [0.5, 0.6) is 5.75 Å². The zero-order valence-electron chi connectivity index (χ0n) is 18.8. The van der Waals surface area contributed by atoms with E-state index in [1.165, 1.54) is 81.0 Å². The molecule has 2 heteroatoms. The highest BCUT2D eigenvalue weighted by Gasteiger charge is 2.01. The third-order valence-corrected chi connectivity index (χ3v) is 5.56. The lowest BCUT2D eigenvalue weighted by molar-refractivity contribution is 0.309. The van der Waals surface area contributed by atoms with Gasteiger partial charge in [0.1, 0.15) is 5.75 Å². The fourth-order valence-electron chi connectivity index (χ4n) is 3.57. The lowest BCUT2D eigenvalue weighted by Crippen LogP contribution is -1.98. The molecule has 1 aromatic carbocycles. The van der Waals surface area contributed by atoms with Gasteiger partial charge in [-0.1, -0.05) is 83.4 Å². The zero-order valence-corrected chi connectivity index (χ0v) is 18.8. The van der Waals surface area contributed by atoms with Crippen LogP contribution in [0, 0.1) is 0 Å². The van der Waals surface area contributed by atoms with Crippen molar-refractivity contribution in [2.45, 2.75) is 97.3 Å². The van der Waals surface area contributed by atoms with E-state index in [-0.39, 0.29) is 0 Å². The van der Waals surface area contributed by atoms with Crippen molar-refractivity contribution in [3.63, 3.8) is 0 Å². The van der Waals surface area contributed by atoms with Gasteiger partial charge in [-0.3, -0.25) is 4.98 Å². The quantitative estimate of drug-likeness (QED) is 0.271. The second-order valence-corrected chi connectivity index (χ2v) is 8.23. The van der Waals surface area contributed by atoms with Crippen molar-refractivity contribution in [2.24, 2.45) is 0 Å². The minimum Gasteiger partial charge on any atom is -0.494 e. The van der Waals surface area contributed by atoms with Crippen molar-refractivity contribution in [3.05, 3.63) is 59.4 Å². The second-order valence-electron chi connectivity index (χ2n) is 8.23. The van der Waals surface area contributed by atoms with E-state index in [0.717, 1.165) is 31.6 Å². The summed E-state index contributed by atoms with van der Waals surface area (Å²) in [5.41, 5.74) is 3.92. The van der Waals surface area contributed by atoms with Gasteiger partial charge in [-0.05, 0) is 61.4 Å². The molecule has 0 aliphatic heterocycles. The minimum atomic E-state index is 0.811. The van der Waals surface area contributed by atoms with E-state index in [9.17, 15) is 0 Å². The van der Waals surface area contributed by atoms with Crippen LogP contribution in [-0.2, 0) is 19.3 Å². The van der Waals surface area contributed by atoms with E-state index < -0.39 is 0 Å². The Bertz CT molecular complexity index is 633. The fourth-order valence-corrected chi connectivity index (χ4v) is 3.57. The Balaban J connectivity index is 1.61. The third-order valence-electron chi connectivity index (χ3n) is 5.56. The maximum atomic E-state index is 5.73. The van der Waals surface area contributed by atoms with Gasteiger partial charge in [0.05, 0.1) is 6.61 Å². The summed E-state index contributed by atoms with van der Waals surface area (Å²) >= 11 is 0. The van der Waals surface area contributed by atoms with E-state index in [1.54, 1.807) is 0 Å². The van der Waals surface area contributed by atoms with Gasteiger partial charge in [-0.2, -0.15) is 0 Å². The van der Waals surface area contributed by atoms with Gasteiger partial charge in [0, 0.05) is 11.9 Å². The van der Waals surface area contributed by atoms with Crippen LogP contribution < -0.4 is 4.74 Å². The molecule has 2 nitrogen and oxygen atoms in total. The lowest BCUT2D eigenvalue weighted by Gasteiger charge is -2.07. The molecular weight excluding hydrogens is 354 g/mol. The lowest BCUT2D eigenvalue weighted by atomic mass is 10.0. The number of ether oxygens (including phenoxy) is 1. The molecule has 1 heterocycles. The average molecular weight is 396 g/mol. The van der Waals surface area contributed by atoms with E-state index in [0.29, 0.717) is 0 Å². The number of hydrogen-bond acceptors (Lipinski definition) is 2. The van der Waals surface area contributed by atoms with Crippen LogP contribution >= 0.6 is 0 Å². The first kappa shape index (κ1) is 23.4. The Labute approximate surface area is 179 Å². The predicted molar refractivity (Wildman–Crippen MR) is 125 cm³/mol. The summed E-state index contributed by atoms with van der Waals surface area (Å²) < 4.78 is 5.73. The molecule has 0 radical (unpaired) electrons. The van der Waals surface area contributed by atoms with Crippen LogP contribution in [0.1, 0.15) is 94.9 Å². The van der Waals surface area contributed by atoms with Crippen molar-refractivity contribution >= 4 is 0 Å². The van der Waals surface area contributed by atoms with Crippen LogP contribution in [0.2, 0.25) is 0 Å². The number of benzene rings is 1. The molecular formula is C27H41NO. The number of rotatable bonds is 16. The molecule has 2 aromatic rings. The van der Waals surface area contributed by atoms with Gasteiger partial charge in [0.2, 0.25) is 0 Å². The van der Waals surface area contributed by atoms with Gasteiger partial charge in [0.25, 0.3) is 0 Å². The van der Waals surface area contributed by atoms with E-state index in [1.807, 2.05) is 0 Å². The molecule has 160 valence electrons. The zero-order chi connectivity index (χ0) is 20.6. The maximum Gasteiger partial charge on any atom is 0.119 e. The minimum absolute atomic E-state index is 0.811. The van der Waals surface area contributed by atoms with Crippen molar-refractivity contribution in [3.8, 4) is 5.75 Å². The summed E-state index contributed by atoms with van der Waals surface area (Å²) in [5.74, 6) is 0.977. The molecule has 2 rings (SSSR count). The topological polar surface area (TPSA) is 22.1 Å². The number of aromatic nitrogens is 1. The molecule has 29 heavy (non-hydrogen) atoms. The highest BCUT2D eigenvalue weighted by atomic mass is 16.5. The average Bonchev–Trinajstić information content (AvgIpc) is 2.76. The molecule has 0 saturated heterocycles. The first-order valence-electron chi connectivity index (χ1n) is 12.0. The van der Waals surface area contributed by atoms with Gasteiger partial charge < -0.3 is 4.74 Å². The monoisotopic (exact) mass is 395 g/mol. The summed E-state index contributed by atoms with van der Waals surface area (Å²) in [5, 5.41) is 0. The normalized spacial score (nSPS) is 11.0. The van der Waals surface area contributed by atoms with Crippen molar-refractivity contribution < 1.29 is 4.74 Å². The van der Waals surface area contributed by atoms with Crippen LogP contribution in [0.25, 0.3) is 0 Å². The molecule has 0 N–H and O–H groups in total. The number of unbranched alkanes of at least 4 members (excludes halogenated alkanes) is 8. The Hall–Kier alpha value is -1.83. The van der Waals surface area contributed by atoms with Crippen molar-refractivity contribution in [2.75, 3.05) is 6.61 Å². The molecule has 0 aliphatic rings. The molecule has 0 bridgehead atoms. The Morgan fingerprint density at radius 2 is 1.28 bits per heavy atom. The van der Waals surface area contributed by atoms with Crippen LogP contribution in [-0.4, -0.2) is 11.6 Å².